The Morgan fingerprint density at radius 1 is 0.816 bits per heavy atom. The van der Waals surface area contributed by atoms with Crippen molar-refractivity contribution in [1.82, 2.24) is 10.2 Å². The summed E-state index contributed by atoms with van der Waals surface area (Å²) in [7, 11) is -4.06. The first-order valence-electron chi connectivity index (χ1n) is 13.0. The monoisotopic (exact) mass is 535 g/mol. The van der Waals surface area contributed by atoms with E-state index in [9.17, 15) is 18.0 Å². The van der Waals surface area contributed by atoms with Gasteiger partial charge in [-0.3, -0.25) is 13.9 Å². The van der Waals surface area contributed by atoms with Crippen LogP contribution in [0.15, 0.2) is 89.8 Å². The number of hydrogen-bond donors (Lipinski definition) is 1. The van der Waals surface area contributed by atoms with E-state index < -0.39 is 28.5 Å². The van der Waals surface area contributed by atoms with Gasteiger partial charge in [-0.15, -0.1) is 0 Å². The van der Waals surface area contributed by atoms with E-state index in [4.69, 9.17) is 0 Å². The van der Waals surface area contributed by atoms with Gasteiger partial charge in [-0.05, 0) is 62.1 Å². The summed E-state index contributed by atoms with van der Waals surface area (Å²) in [4.78, 5) is 28.5. The fourth-order valence-electron chi connectivity index (χ4n) is 3.97. The summed E-state index contributed by atoms with van der Waals surface area (Å²) in [5.41, 5.74) is 2.28. The summed E-state index contributed by atoms with van der Waals surface area (Å²) in [6, 6.07) is 23.7. The molecular formula is C30H37N3O4S. The minimum absolute atomic E-state index is 0.0503. The molecule has 8 heteroatoms. The maximum absolute atomic E-state index is 13.9. The Kier molecular flexibility index (Phi) is 10.1. The molecule has 2 amide bonds. The molecule has 3 rings (SSSR count). The van der Waals surface area contributed by atoms with E-state index in [0.717, 1.165) is 28.3 Å². The topological polar surface area (TPSA) is 86.8 Å². The van der Waals surface area contributed by atoms with E-state index in [-0.39, 0.29) is 23.4 Å². The first-order chi connectivity index (χ1) is 18.2. The van der Waals surface area contributed by atoms with Crippen LogP contribution in [0.3, 0.4) is 0 Å². The number of hydrogen-bond acceptors (Lipinski definition) is 4. The Hall–Kier alpha value is -3.65. The lowest BCUT2D eigenvalue weighted by Crippen LogP contribution is -2.52. The fourth-order valence-corrected chi connectivity index (χ4v) is 5.41. The van der Waals surface area contributed by atoms with Crippen molar-refractivity contribution in [2.45, 2.75) is 64.1 Å². The molecule has 3 aromatic rings. The van der Waals surface area contributed by atoms with Gasteiger partial charge in [0, 0.05) is 12.6 Å². The summed E-state index contributed by atoms with van der Waals surface area (Å²) in [6.07, 6.45) is 1.56. The number of nitrogens with one attached hydrogen (secondary N) is 1. The van der Waals surface area contributed by atoms with Crippen LogP contribution in [-0.2, 0) is 32.6 Å². The molecule has 0 aliphatic heterocycles. The molecule has 0 aliphatic carbocycles. The number of aryl methyl sites for hydroxylation is 1. The normalized spacial score (nSPS) is 12.8. The van der Waals surface area contributed by atoms with Crippen LogP contribution in [0.5, 0.6) is 0 Å². The molecule has 38 heavy (non-hydrogen) atoms. The maximum atomic E-state index is 13.9. The Morgan fingerprint density at radius 2 is 1.39 bits per heavy atom. The van der Waals surface area contributed by atoms with Crippen molar-refractivity contribution in [3.63, 3.8) is 0 Å². The number of anilines is 1. The van der Waals surface area contributed by atoms with Gasteiger partial charge in [0.05, 0.1) is 10.6 Å². The van der Waals surface area contributed by atoms with Crippen molar-refractivity contribution >= 4 is 27.5 Å². The standard InChI is InChI=1S/C30H37N3O4S/c1-5-23(3)31-30(35)24(4)32(21-26-13-9-7-10-14-26)29(34)22-33(27-19-17-25(6-2)18-20-27)38(36,37)28-15-11-8-12-16-28/h7-20,23-24H,5-6,21-22H2,1-4H3,(H,31,35)/t23-,24+/m0/s1. The molecule has 202 valence electrons. The zero-order valence-electron chi connectivity index (χ0n) is 22.5. The average molecular weight is 536 g/mol. The third kappa shape index (κ3) is 7.22. The van der Waals surface area contributed by atoms with Crippen molar-refractivity contribution in [1.29, 1.82) is 0 Å². The van der Waals surface area contributed by atoms with Gasteiger partial charge in [0.2, 0.25) is 11.8 Å². The average Bonchev–Trinajstić information content (AvgIpc) is 2.95. The molecule has 0 aromatic heterocycles. The molecule has 0 heterocycles. The molecule has 0 spiro atoms. The quantitative estimate of drug-likeness (QED) is 0.362. The number of carbonyl (C=O) groups excluding carboxylic acids is 2. The van der Waals surface area contributed by atoms with Gasteiger partial charge in [-0.1, -0.05) is 74.5 Å². The number of sulfonamides is 1. The number of amides is 2. The molecule has 1 N–H and O–H groups in total. The predicted molar refractivity (Wildman–Crippen MR) is 151 cm³/mol. The lowest BCUT2D eigenvalue weighted by molar-refractivity contribution is -0.139. The van der Waals surface area contributed by atoms with E-state index in [1.807, 2.05) is 63.2 Å². The molecule has 0 bridgehead atoms. The first kappa shape index (κ1) is 28.9. The minimum Gasteiger partial charge on any atom is -0.352 e. The molecule has 0 fully saturated rings. The van der Waals surface area contributed by atoms with Gasteiger partial charge in [0.1, 0.15) is 12.6 Å². The first-order valence-corrected chi connectivity index (χ1v) is 14.4. The van der Waals surface area contributed by atoms with Gasteiger partial charge >= 0.3 is 0 Å². The summed E-state index contributed by atoms with van der Waals surface area (Å²) >= 11 is 0. The highest BCUT2D eigenvalue weighted by Gasteiger charge is 2.32. The van der Waals surface area contributed by atoms with E-state index in [2.05, 4.69) is 5.32 Å². The van der Waals surface area contributed by atoms with Crippen molar-refractivity contribution in [3.05, 3.63) is 96.1 Å². The second kappa shape index (κ2) is 13.2. The molecule has 7 nitrogen and oxygen atoms in total. The lowest BCUT2D eigenvalue weighted by atomic mass is 10.1. The van der Waals surface area contributed by atoms with Crippen molar-refractivity contribution in [2.75, 3.05) is 10.8 Å². The van der Waals surface area contributed by atoms with Gasteiger partial charge in [-0.25, -0.2) is 8.42 Å². The van der Waals surface area contributed by atoms with Gasteiger partial charge in [0.15, 0.2) is 0 Å². The molecule has 0 saturated carbocycles. The Labute approximate surface area is 226 Å². The highest BCUT2D eigenvalue weighted by Crippen LogP contribution is 2.25. The zero-order valence-corrected chi connectivity index (χ0v) is 23.3. The molecule has 0 saturated heterocycles. The smallest absolute Gasteiger partial charge is 0.264 e. The molecule has 0 unspecified atom stereocenters. The van der Waals surface area contributed by atoms with Crippen LogP contribution in [0.1, 0.15) is 45.2 Å². The number of rotatable bonds is 12. The van der Waals surface area contributed by atoms with Crippen molar-refractivity contribution in [3.8, 4) is 0 Å². The minimum atomic E-state index is -4.06. The predicted octanol–water partition coefficient (Wildman–Crippen LogP) is 4.78. The van der Waals surface area contributed by atoms with Crippen molar-refractivity contribution in [2.24, 2.45) is 0 Å². The Balaban J connectivity index is 2.00. The Morgan fingerprint density at radius 3 is 1.95 bits per heavy atom. The fraction of sp³-hybridized carbons (Fsp3) is 0.333. The third-order valence-electron chi connectivity index (χ3n) is 6.61. The van der Waals surface area contributed by atoms with Crippen LogP contribution in [-0.4, -0.2) is 43.8 Å². The van der Waals surface area contributed by atoms with E-state index in [1.165, 1.54) is 17.0 Å². The highest BCUT2D eigenvalue weighted by molar-refractivity contribution is 7.92. The van der Waals surface area contributed by atoms with E-state index >= 15 is 0 Å². The maximum Gasteiger partial charge on any atom is 0.264 e. The van der Waals surface area contributed by atoms with Crippen LogP contribution in [0, 0.1) is 0 Å². The molecule has 3 aromatic carbocycles. The van der Waals surface area contributed by atoms with E-state index in [1.54, 1.807) is 37.3 Å². The third-order valence-corrected chi connectivity index (χ3v) is 8.39. The molecule has 2 atom stereocenters. The summed E-state index contributed by atoms with van der Waals surface area (Å²) in [5.74, 6) is -0.756. The van der Waals surface area contributed by atoms with Crippen LogP contribution in [0.2, 0.25) is 0 Å². The van der Waals surface area contributed by atoms with Crippen molar-refractivity contribution < 1.29 is 18.0 Å². The Bertz CT molecular complexity index is 1300. The zero-order chi connectivity index (χ0) is 27.7. The van der Waals surface area contributed by atoms with Crippen LogP contribution in [0.25, 0.3) is 0 Å². The summed E-state index contributed by atoms with van der Waals surface area (Å²) < 4.78 is 28.7. The van der Waals surface area contributed by atoms with Crippen LogP contribution < -0.4 is 9.62 Å². The summed E-state index contributed by atoms with van der Waals surface area (Å²) in [6.45, 7) is 7.29. The van der Waals surface area contributed by atoms with Crippen LogP contribution >= 0.6 is 0 Å². The number of carbonyl (C=O) groups is 2. The van der Waals surface area contributed by atoms with Gasteiger partial charge < -0.3 is 10.2 Å². The second-order valence-electron chi connectivity index (χ2n) is 9.35. The summed E-state index contributed by atoms with van der Waals surface area (Å²) in [5, 5.41) is 2.94. The largest absolute Gasteiger partial charge is 0.352 e. The van der Waals surface area contributed by atoms with Gasteiger partial charge in [0.25, 0.3) is 10.0 Å². The molecular weight excluding hydrogens is 498 g/mol. The lowest BCUT2D eigenvalue weighted by Gasteiger charge is -2.32. The number of nitrogens with zero attached hydrogens (tertiary/aromatic N) is 2. The number of benzene rings is 3. The second-order valence-corrected chi connectivity index (χ2v) is 11.2. The highest BCUT2D eigenvalue weighted by atomic mass is 32.2. The SMILES string of the molecule is CCc1ccc(N(CC(=O)N(Cc2ccccc2)[C@H](C)C(=O)N[C@@H](C)CC)S(=O)(=O)c2ccccc2)cc1. The van der Waals surface area contributed by atoms with Crippen LogP contribution in [0.4, 0.5) is 5.69 Å². The van der Waals surface area contributed by atoms with Gasteiger partial charge in [-0.2, -0.15) is 0 Å². The molecule has 0 radical (unpaired) electrons. The van der Waals surface area contributed by atoms with E-state index in [0.29, 0.717) is 5.69 Å². The molecule has 0 aliphatic rings.